The van der Waals surface area contributed by atoms with Gasteiger partial charge in [0, 0.05) is 27.6 Å². The molecule has 2 nitrogen and oxygen atoms in total. The molecule has 0 saturated heterocycles. The van der Waals surface area contributed by atoms with E-state index in [1.165, 1.54) is 14.1 Å². The van der Waals surface area contributed by atoms with Crippen LogP contribution in [0.4, 0.5) is 26.3 Å². The van der Waals surface area contributed by atoms with Gasteiger partial charge >= 0.3 is 12.4 Å². The van der Waals surface area contributed by atoms with Crippen LogP contribution in [-0.4, -0.2) is 44.1 Å². The zero-order valence-corrected chi connectivity index (χ0v) is 17.1. The lowest BCUT2D eigenvalue weighted by Crippen LogP contribution is -2.52. The van der Waals surface area contributed by atoms with Crippen molar-refractivity contribution in [2.75, 3.05) is 21.2 Å². The first-order valence-corrected chi connectivity index (χ1v) is 8.59. The maximum atomic E-state index is 14.2. The molecule has 0 amide bonds. The van der Waals surface area contributed by atoms with Crippen LogP contribution in [0.5, 0.6) is 0 Å². The molecule has 0 spiro atoms. The van der Waals surface area contributed by atoms with Crippen LogP contribution in [0.2, 0.25) is 0 Å². The summed E-state index contributed by atoms with van der Waals surface area (Å²) in [6.45, 7) is 10.3. The molecule has 0 radical (unpaired) electrons. The van der Waals surface area contributed by atoms with Gasteiger partial charge in [-0.1, -0.05) is 31.4 Å². The summed E-state index contributed by atoms with van der Waals surface area (Å²) in [7, 11) is 3.25. The standard InChI is InChI=1S/C21H25F6NO/c1-13-8-9-17(10-14(13)2)15(3)12-19(29-7,21(25,26)27)18(28(5)6)11-16(4)20(22,23)24/h8-11H,3-4,12H2,1-2,5-7H3/b18-11-. The fourth-order valence-corrected chi connectivity index (χ4v) is 2.85. The Morgan fingerprint density at radius 2 is 1.59 bits per heavy atom. The summed E-state index contributed by atoms with van der Waals surface area (Å²) >= 11 is 0. The summed E-state index contributed by atoms with van der Waals surface area (Å²) in [5, 5.41) is 0. The van der Waals surface area contributed by atoms with Crippen LogP contribution in [0, 0.1) is 13.8 Å². The molecule has 0 heterocycles. The summed E-state index contributed by atoms with van der Waals surface area (Å²) in [4.78, 5) is 0.946. The van der Waals surface area contributed by atoms with Crippen molar-refractivity contribution >= 4 is 5.57 Å². The minimum Gasteiger partial charge on any atom is -0.378 e. The molecule has 1 rings (SSSR count). The van der Waals surface area contributed by atoms with Gasteiger partial charge in [0.05, 0.1) is 11.3 Å². The Hall–Kier alpha value is -2.22. The number of allylic oxidation sites excluding steroid dienone is 2. The molecule has 1 atom stereocenters. The van der Waals surface area contributed by atoms with Gasteiger partial charge in [-0.3, -0.25) is 0 Å². The number of benzene rings is 1. The van der Waals surface area contributed by atoms with Crippen molar-refractivity contribution in [3.05, 3.63) is 65.4 Å². The number of ether oxygens (including phenoxy) is 1. The minimum absolute atomic E-state index is 0.0812. The average Bonchev–Trinajstić information content (AvgIpc) is 2.57. The number of nitrogens with zero attached hydrogens (tertiary/aromatic N) is 1. The molecular weight excluding hydrogens is 396 g/mol. The van der Waals surface area contributed by atoms with E-state index in [0.717, 1.165) is 23.1 Å². The third kappa shape index (κ3) is 5.44. The van der Waals surface area contributed by atoms with Crippen molar-refractivity contribution in [1.82, 2.24) is 4.90 Å². The average molecular weight is 421 g/mol. The quantitative estimate of drug-likeness (QED) is 0.383. The second kappa shape index (κ2) is 8.65. The maximum absolute atomic E-state index is 14.2. The van der Waals surface area contributed by atoms with Gasteiger partial charge in [-0.15, -0.1) is 0 Å². The van der Waals surface area contributed by atoms with E-state index in [0.29, 0.717) is 11.6 Å². The number of hydrogen-bond acceptors (Lipinski definition) is 2. The van der Waals surface area contributed by atoms with Crippen molar-refractivity contribution in [1.29, 1.82) is 0 Å². The third-order valence-corrected chi connectivity index (χ3v) is 4.75. The van der Waals surface area contributed by atoms with E-state index < -0.39 is 35.6 Å². The Bertz CT molecular complexity index is 804. The smallest absolute Gasteiger partial charge is 0.378 e. The summed E-state index contributed by atoms with van der Waals surface area (Å²) in [6, 6.07) is 5.05. The number of hydrogen-bond donors (Lipinski definition) is 0. The number of halogens is 6. The molecule has 8 heteroatoms. The molecule has 1 aromatic carbocycles. The number of likely N-dealkylation sites (N-methyl/N-ethyl adjacent to an activating group) is 1. The summed E-state index contributed by atoms with van der Waals surface area (Å²) < 4.78 is 86.4. The van der Waals surface area contributed by atoms with Crippen molar-refractivity contribution < 1.29 is 31.1 Å². The maximum Gasteiger partial charge on any atom is 0.423 e. The Balaban J connectivity index is 3.59. The first-order chi connectivity index (χ1) is 13.1. The molecule has 0 bridgehead atoms. The van der Waals surface area contributed by atoms with Gasteiger partial charge < -0.3 is 9.64 Å². The highest BCUT2D eigenvalue weighted by Crippen LogP contribution is 2.46. The van der Waals surface area contributed by atoms with E-state index in [1.807, 2.05) is 6.92 Å². The van der Waals surface area contributed by atoms with E-state index in [-0.39, 0.29) is 5.57 Å². The predicted molar refractivity (Wildman–Crippen MR) is 102 cm³/mol. The molecule has 0 aliphatic carbocycles. The Morgan fingerprint density at radius 3 is 1.97 bits per heavy atom. The molecule has 0 N–H and O–H groups in total. The van der Waals surface area contributed by atoms with Gasteiger partial charge in [-0.25, -0.2) is 0 Å². The number of methoxy groups -OCH3 is 1. The van der Waals surface area contributed by atoms with E-state index in [9.17, 15) is 26.3 Å². The Morgan fingerprint density at radius 1 is 1.03 bits per heavy atom. The van der Waals surface area contributed by atoms with Gasteiger partial charge in [0.1, 0.15) is 0 Å². The molecule has 0 fully saturated rings. The van der Waals surface area contributed by atoms with Crippen LogP contribution in [-0.2, 0) is 4.74 Å². The lowest BCUT2D eigenvalue weighted by Gasteiger charge is -2.40. The fraction of sp³-hybridized carbons (Fsp3) is 0.429. The predicted octanol–water partition coefficient (Wildman–Crippen LogP) is 6.22. The van der Waals surface area contributed by atoms with Crippen LogP contribution in [0.25, 0.3) is 5.57 Å². The van der Waals surface area contributed by atoms with Crippen LogP contribution in [0.3, 0.4) is 0 Å². The van der Waals surface area contributed by atoms with Crippen molar-refractivity contribution in [3.63, 3.8) is 0 Å². The first kappa shape index (κ1) is 24.8. The number of alkyl halides is 6. The molecule has 0 saturated carbocycles. The van der Waals surface area contributed by atoms with E-state index in [4.69, 9.17) is 4.74 Å². The topological polar surface area (TPSA) is 12.5 Å². The van der Waals surface area contributed by atoms with Crippen molar-refractivity contribution in [2.24, 2.45) is 0 Å². The van der Waals surface area contributed by atoms with Crippen molar-refractivity contribution in [3.8, 4) is 0 Å². The molecule has 162 valence electrons. The molecule has 0 aliphatic heterocycles. The minimum atomic E-state index is -5.02. The monoisotopic (exact) mass is 421 g/mol. The Labute approximate surface area is 167 Å². The van der Waals surface area contributed by atoms with Gasteiger partial charge in [0.2, 0.25) is 5.60 Å². The SMILES string of the molecule is C=C(CC(OC)(/C(=C/C(=C)C(F)(F)F)N(C)C)C(F)(F)F)c1ccc(C)c(C)c1. The van der Waals surface area contributed by atoms with E-state index >= 15 is 0 Å². The summed E-state index contributed by atoms with van der Waals surface area (Å²) in [5.41, 5.74) is -2.84. The number of aryl methyl sites for hydroxylation is 2. The second-order valence-electron chi connectivity index (χ2n) is 7.06. The van der Waals surface area contributed by atoms with E-state index in [2.05, 4.69) is 13.2 Å². The second-order valence-corrected chi connectivity index (χ2v) is 7.06. The lowest BCUT2D eigenvalue weighted by molar-refractivity contribution is -0.257. The van der Waals surface area contributed by atoms with Gasteiger partial charge in [0.25, 0.3) is 0 Å². The lowest BCUT2D eigenvalue weighted by atomic mass is 9.85. The van der Waals surface area contributed by atoms with Crippen LogP contribution in [0.1, 0.15) is 23.1 Å². The van der Waals surface area contributed by atoms with Gasteiger partial charge in [0.15, 0.2) is 0 Å². The highest BCUT2D eigenvalue weighted by Gasteiger charge is 2.59. The molecular formula is C21H25F6NO. The summed E-state index contributed by atoms with van der Waals surface area (Å²) in [6.07, 6.45) is -10.3. The van der Waals surface area contributed by atoms with Crippen LogP contribution in [0.15, 0.2) is 48.7 Å². The highest BCUT2D eigenvalue weighted by molar-refractivity contribution is 5.66. The third-order valence-electron chi connectivity index (χ3n) is 4.75. The zero-order chi connectivity index (χ0) is 22.8. The van der Waals surface area contributed by atoms with Crippen LogP contribution >= 0.6 is 0 Å². The molecule has 1 aromatic rings. The van der Waals surface area contributed by atoms with Crippen molar-refractivity contribution in [2.45, 2.75) is 38.2 Å². The Kier molecular flexibility index (Phi) is 7.40. The molecule has 1 unspecified atom stereocenters. The zero-order valence-electron chi connectivity index (χ0n) is 17.1. The largest absolute Gasteiger partial charge is 0.423 e. The fourth-order valence-electron chi connectivity index (χ4n) is 2.85. The highest BCUT2D eigenvalue weighted by atomic mass is 19.4. The molecule has 29 heavy (non-hydrogen) atoms. The number of rotatable bonds is 7. The summed E-state index contributed by atoms with van der Waals surface area (Å²) in [5.74, 6) is 0. The van der Waals surface area contributed by atoms with Gasteiger partial charge in [-0.2, -0.15) is 26.3 Å². The van der Waals surface area contributed by atoms with E-state index in [1.54, 1.807) is 25.1 Å². The van der Waals surface area contributed by atoms with Gasteiger partial charge in [-0.05, 0) is 42.2 Å². The normalized spacial score (nSPS) is 15.1. The first-order valence-electron chi connectivity index (χ1n) is 8.59. The molecule has 0 aliphatic rings. The molecule has 0 aromatic heterocycles. The van der Waals surface area contributed by atoms with Crippen LogP contribution < -0.4 is 0 Å².